The molecule has 2 amide bonds. The second kappa shape index (κ2) is 5.50. The Hall–Kier alpha value is -2.08. The van der Waals surface area contributed by atoms with Crippen LogP contribution in [0.3, 0.4) is 0 Å². The molecule has 5 nitrogen and oxygen atoms in total. The van der Waals surface area contributed by atoms with Gasteiger partial charge in [0.15, 0.2) is 5.76 Å². The maximum Gasteiger partial charge on any atom is 0.289 e. The van der Waals surface area contributed by atoms with Gasteiger partial charge in [0, 0.05) is 31.6 Å². The van der Waals surface area contributed by atoms with Gasteiger partial charge in [-0.1, -0.05) is 0 Å². The van der Waals surface area contributed by atoms with Crippen molar-refractivity contribution in [2.75, 3.05) is 26.2 Å². The average molecular weight is 290 g/mol. The van der Waals surface area contributed by atoms with Gasteiger partial charge in [-0.3, -0.25) is 9.59 Å². The van der Waals surface area contributed by atoms with Gasteiger partial charge < -0.3 is 14.2 Å². The second-order valence-corrected chi connectivity index (χ2v) is 5.35. The first-order valence-corrected chi connectivity index (χ1v) is 7.34. The van der Waals surface area contributed by atoms with E-state index in [1.165, 1.54) is 17.6 Å². The number of hydrogen-bond donors (Lipinski definition) is 0. The lowest BCUT2D eigenvalue weighted by Crippen LogP contribution is -2.50. The molecule has 3 rings (SSSR count). The van der Waals surface area contributed by atoms with Crippen LogP contribution in [-0.4, -0.2) is 47.8 Å². The number of carbonyl (C=O) groups excluding carboxylic acids is 2. The third kappa shape index (κ3) is 2.46. The quantitative estimate of drug-likeness (QED) is 0.849. The Bertz CT molecular complexity index is 530. The summed E-state index contributed by atoms with van der Waals surface area (Å²) in [4.78, 5) is 27.8. The van der Waals surface area contributed by atoms with Crippen molar-refractivity contribution in [2.24, 2.45) is 0 Å². The highest BCUT2D eigenvalue weighted by molar-refractivity contribution is 7.08. The largest absolute Gasteiger partial charge is 0.459 e. The van der Waals surface area contributed by atoms with E-state index < -0.39 is 0 Å². The third-order valence-electron chi connectivity index (χ3n) is 3.35. The highest BCUT2D eigenvalue weighted by Gasteiger charge is 2.26. The molecule has 3 heterocycles. The summed E-state index contributed by atoms with van der Waals surface area (Å²) < 4.78 is 5.11. The van der Waals surface area contributed by atoms with E-state index in [1.54, 1.807) is 21.9 Å². The smallest absolute Gasteiger partial charge is 0.289 e. The number of piperazine rings is 1. The topological polar surface area (TPSA) is 53.8 Å². The lowest BCUT2D eigenvalue weighted by molar-refractivity contribution is 0.0518. The van der Waals surface area contributed by atoms with E-state index in [0.29, 0.717) is 31.9 Å². The molecule has 1 aliphatic heterocycles. The number of carbonyl (C=O) groups is 2. The fourth-order valence-corrected chi connectivity index (χ4v) is 2.87. The lowest BCUT2D eigenvalue weighted by Gasteiger charge is -2.34. The summed E-state index contributed by atoms with van der Waals surface area (Å²) >= 11 is 1.51. The van der Waals surface area contributed by atoms with Gasteiger partial charge in [0.1, 0.15) is 0 Å². The summed E-state index contributed by atoms with van der Waals surface area (Å²) in [5, 5.41) is 3.74. The minimum Gasteiger partial charge on any atom is -0.459 e. The van der Waals surface area contributed by atoms with Crippen molar-refractivity contribution in [1.82, 2.24) is 9.80 Å². The maximum absolute atomic E-state index is 12.2. The molecule has 0 unspecified atom stereocenters. The van der Waals surface area contributed by atoms with Crippen molar-refractivity contribution in [3.8, 4) is 0 Å². The highest BCUT2D eigenvalue weighted by atomic mass is 32.1. The molecule has 6 heteroatoms. The molecule has 1 saturated heterocycles. The van der Waals surface area contributed by atoms with Crippen LogP contribution in [0.2, 0.25) is 0 Å². The van der Waals surface area contributed by atoms with Crippen molar-refractivity contribution >= 4 is 23.2 Å². The van der Waals surface area contributed by atoms with Crippen molar-refractivity contribution < 1.29 is 14.0 Å². The zero-order valence-electron chi connectivity index (χ0n) is 10.8. The first-order valence-electron chi connectivity index (χ1n) is 6.40. The van der Waals surface area contributed by atoms with Gasteiger partial charge >= 0.3 is 0 Å². The van der Waals surface area contributed by atoms with Crippen LogP contribution in [-0.2, 0) is 0 Å². The van der Waals surface area contributed by atoms with Crippen LogP contribution in [0.4, 0.5) is 0 Å². The fourth-order valence-electron chi connectivity index (χ4n) is 2.24. The van der Waals surface area contributed by atoms with E-state index in [9.17, 15) is 9.59 Å². The summed E-state index contributed by atoms with van der Waals surface area (Å²) in [5.41, 5.74) is 0.723. The molecule has 20 heavy (non-hydrogen) atoms. The molecule has 0 atom stereocenters. The van der Waals surface area contributed by atoms with Gasteiger partial charge in [-0.05, 0) is 23.6 Å². The summed E-state index contributed by atoms with van der Waals surface area (Å²) in [6.45, 7) is 2.19. The van der Waals surface area contributed by atoms with Gasteiger partial charge in [0.05, 0.1) is 11.8 Å². The molecule has 0 bridgehead atoms. The molecule has 2 aromatic rings. The zero-order valence-corrected chi connectivity index (χ0v) is 11.6. The Labute approximate surface area is 120 Å². The molecule has 0 aromatic carbocycles. The van der Waals surface area contributed by atoms with Crippen molar-refractivity contribution in [2.45, 2.75) is 0 Å². The summed E-state index contributed by atoms with van der Waals surface area (Å²) in [6, 6.07) is 5.18. The minimum atomic E-state index is -0.113. The van der Waals surface area contributed by atoms with Crippen LogP contribution in [0.15, 0.2) is 39.6 Å². The highest BCUT2D eigenvalue weighted by Crippen LogP contribution is 2.13. The van der Waals surface area contributed by atoms with Gasteiger partial charge in [0.2, 0.25) is 0 Å². The monoisotopic (exact) mass is 290 g/mol. The van der Waals surface area contributed by atoms with Crippen LogP contribution in [0.5, 0.6) is 0 Å². The molecule has 2 aromatic heterocycles. The van der Waals surface area contributed by atoms with Gasteiger partial charge in [-0.25, -0.2) is 0 Å². The molecule has 0 spiro atoms. The SMILES string of the molecule is O=C(c1ccsc1)N1CCN(C(=O)c2ccco2)CC1. The molecule has 0 radical (unpaired) electrons. The Balaban J connectivity index is 1.60. The number of amides is 2. The third-order valence-corrected chi connectivity index (χ3v) is 4.04. The van der Waals surface area contributed by atoms with Gasteiger partial charge in [-0.15, -0.1) is 0 Å². The predicted octanol–water partition coefficient (Wildman–Crippen LogP) is 1.94. The van der Waals surface area contributed by atoms with Crippen LogP contribution >= 0.6 is 11.3 Å². The van der Waals surface area contributed by atoms with Crippen LogP contribution in [0.1, 0.15) is 20.9 Å². The van der Waals surface area contributed by atoms with Crippen LogP contribution in [0, 0.1) is 0 Å². The van der Waals surface area contributed by atoms with Crippen LogP contribution in [0.25, 0.3) is 0 Å². The number of nitrogens with zero attached hydrogens (tertiary/aromatic N) is 2. The number of furan rings is 1. The summed E-state index contributed by atoms with van der Waals surface area (Å²) in [7, 11) is 0. The Morgan fingerprint density at radius 3 is 2.30 bits per heavy atom. The van der Waals surface area contributed by atoms with Crippen molar-refractivity contribution in [3.05, 3.63) is 46.5 Å². The van der Waals surface area contributed by atoms with Gasteiger partial charge in [0.25, 0.3) is 11.8 Å². The summed E-state index contributed by atoms with van der Waals surface area (Å²) in [5.74, 6) is 0.275. The van der Waals surface area contributed by atoms with Crippen LogP contribution < -0.4 is 0 Å². The Morgan fingerprint density at radius 1 is 1.05 bits per heavy atom. The van der Waals surface area contributed by atoms with E-state index in [0.717, 1.165) is 5.56 Å². The first-order chi connectivity index (χ1) is 9.75. The fraction of sp³-hybridized carbons (Fsp3) is 0.286. The Morgan fingerprint density at radius 2 is 1.75 bits per heavy atom. The molecule has 0 saturated carbocycles. The van der Waals surface area contributed by atoms with Gasteiger partial charge in [-0.2, -0.15) is 11.3 Å². The molecule has 1 fully saturated rings. The average Bonchev–Trinajstić information content (AvgIpc) is 3.18. The van der Waals surface area contributed by atoms with E-state index in [4.69, 9.17) is 4.42 Å². The molecular formula is C14H14N2O3S. The number of rotatable bonds is 2. The van der Waals surface area contributed by atoms with Crippen molar-refractivity contribution in [1.29, 1.82) is 0 Å². The number of thiophene rings is 1. The second-order valence-electron chi connectivity index (χ2n) is 4.57. The normalized spacial score (nSPS) is 15.4. The lowest BCUT2D eigenvalue weighted by atomic mass is 10.2. The van der Waals surface area contributed by atoms with E-state index in [2.05, 4.69) is 0 Å². The molecule has 0 N–H and O–H groups in total. The molecule has 1 aliphatic rings. The zero-order chi connectivity index (χ0) is 13.9. The molecule has 104 valence electrons. The maximum atomic E-state index is 12.2. The van der Waals surface area contributed by atoms with E-state index >= 15 is 0 Å². The molecule has 0 aliphatic carbocycles. The number of hydrogen-bond acceptors (Lipinski definition) is 4. The van der Waals surface area contributed by atoms with E-state index in [1.807, 2.05) is 16.8 Å². The predicted molar refractivity (Wildman–Crippen MR) is 74.8 cm³/mol. The Kier molecular flexibility index (Phi) is 3.56. The molecular weight excluding hydrogens is 276 g/mol. The standard InChI is InChI=1S/C14H14N2O3S/c17-13(11-3-9-20-10-11)15-4-6-16(7-5-15)14(18)12-2-1-8-19-12/h1-3,8-10H,4-7H2. The van der Waals surface area contributed by atoms with Crippen molar-refractivity contribution in [3.63, 3.8) is 0 Å². The van der Waals surface area contributed by atoms with E-state index in [-0.39, 0.29) is 11.8 Å². The first kappa shape index (κ1) is 12.9. The minimum absolute atomic E-state index is 0.0383. The summed E-state index contributed by atoms with van der Waals surface area (Å²) in [6.07, 6.45) is 1.49.